The maximum Gasteiger partial charge on any atom is 0.0798 e. The van der Waals surface area contributed by atoms with Crippen LogP contribution in [0.1, 0.15) is 38.8 Å². The molecule has 0 saturated heterocycles. The monoisotopic (exact) mass is 423 g/mol. The van der Waals surface area contributed by atoms with E-state index < -0.39 is 14.5 Å². The van der Waals surface area contributed by atoms with Gasteiger partial charge in [0.15, 0.2) is 0 Å². The number of hydrogen-bond acceptors (Lipinski definition) is 1. The molecule has 0 N–H and O–H groups in total. The van der Waals surface area contributed by atoms with Gasteiger partial charge in [-0.15, -0.1) is 0 Å². The van der Waals surface area contributed by atoms with E-state index in [0.717, 1.165) is 11.0 Å². The summed E-state index contributed by atoms with van der Waals surface area (Å²) in [7, 11) is -1.54. The fourth-order valence-electron chi connectivity index (χ4n) is 3.20. The summed E-state index contributed by atoms with van der Waals surface area (Å²) in [6.45, 7) is 13.0. The molecule has 5 heteroatoms. The Hall–Kier alpha value is -0.450. The first-order valence-corrected chi connectivity index (χ1v) is 13.6. The highest BCUT2D eigenvalue weighted by molar-refractivity contribution is 7.91. The summed E-state index contributed by atoms with van der Waals surface area (Å²) in [6.07, 6.45) is 0. The van der Waals surface area contributed by atoms with Crippen LogP contribution >= 0.6 is 37.0 Å². The van der Waals surface area contributed by atoms with Crippen LogP contribution in [0, 0.1) is 13.8 Å². The van der Waals surface area contributed by atoms with Gasteiger partial charge < -0.3 is 0 Å². The van der Waals surface area contributed by atoms with Crippen molar-refractivity contribution in [1.29, 1.82) is 0 Å². The largest absolute Gasteiger partial charge is 0.246 e. The first-order valence-electron chi connectivity index (χ1n) is 8.95. The molecule has 0 aliphatic rings. The highest BCUT2D eigenvalue weighted by Gasteiger charge is 2.21. The van der Waals surface area contributed by atoms with Crippen molar-refractivity contribution in [2.45, 2.75) is 52.9 Å². The zero-order chi connectivity index (χ0) is 19.2. The first-order chi connectivity index (χ1) is 12.2. The quantitative estimate of drug-likeness (QED) is 0.315. The predicted molar refractivity (Wildman–Crippen MR) is 124 cm³/mol. The molecule has 0 amide bonds. The lowest BCUT2D eigenvalue weighted by atomic mass is 10.1. The molecule has 0 saturated carbocycles. The van der Waals surface area contributed by atoms with Crippen molar-refractivity contribution in [2.24, 2.45) is 0 Å². The number of pyridine rings is 1. The topological polar surface area (TPSA) is 12.9 Å². The van der Waals surface area contributed by atoms with E-state index in [4.69, 9.17) is 27.5 Å². The summed E-state index contributed by atoms with van der Waals surface area (Å²) >= 11 is 13.6. The number of fused-ring (bicyclic) bond motifs is 2. The van der Waals surface area contributed by atoms with E-state index in [1.165, 1.54) is 32.5 Å². The van der Waals surface area contributed by atoms with E-state index in [9.17, 15) is 0 Å². The van der Waals surface area contributed by atoms with Crippen molar-refractivity contribution in [3.8, 4) is 0 Å². The highest BCUT2D eigenvalue weighted by Crippen LogP contribution is 2.48. The fraction of sp³-hybridized carbons (Fsp3) is 0.381. The minimum atomic E-state index is -0.768. The Labute approximate surface area is 168 Å². The van der Waals surface area contributed by atoms with Gasteiger partial charge in [-0.3, -0.25) is 0 Å². The lowest BCUT2D eigenvalue weighted by molar-refractivity contribution is 1.11. The number of benzene rings is 2. The first kappa shape index (κ1) is 20.3. The number of aromatic nitrogens is 1. The van der Waals surface area contributed by atoms with E-state index in [2.05, 4.69) is 71.9 Å². The molecular formula is C21H25Cl2NP2. The molecular weight excluding hydrogens is 399 g/mol. The summed E-state index contributed by atoms with van der Waals surface area (Å²) in [4.78, 5) is 5.13. The Kier molecular flexibility index (Phi) is 6.15. The second-order valence-electron chi connectivity index (χ2n) is 7.51. The molecule has 2 aromatic carbocycles. The average Bonchev–Trinajstić information content (AvgIpc) is 2.57. The molecule has 2 unspecified atom stereocenters. The molecule has 0 spiro atoms. The lowest BCUT2D eigenvalue weighted by Gasteiger charge is -2.20. The minimum absolute atomic E-state index is 0.410. The molecule has 0 radical (unpaired) electrons. The summed E-state index contributed by atoms with van der Waals surface area (Å²) in [5.74, 6) is 0. The number of hydrogen-bond donors (Lipinski definition) is 0. The van der Waals surface area contributed by atoms with Gasteiger partial charge in [-0.1, -0.05) is 50.2 Å². The lowest BCUT2D eigenvalue weighted by Crippen LogP contribution is -2.12. The average molecular weight is 424 g/mol. The van der Waals surface area contributed by atoms with Gasteiger partial charge in [0.05, 0.1) is 11.0 Å². The van der Waals surface area contributed by atoms with Crippen LogP contribution in [0.4, 0.5) is 0 Å². The molecule has 0 aliphatic heterocycles. The van der Waals surface area contributed by atoms with Crippen LogP contribution in [0.25, 0.3) is 21.8 Å². The van der Waals surface area contributed by atoms with Crippen LogP contribution in [0.2, 0.25) is 0 Å². The smallest absolute Gasteiger partial charge is 0.0798 e. The van der Waals surface area contributed by atoms with Crippen LogP contribution in [0.15, 0.2) is 30.3 Å². The van der Waals surface area contributed by atoms with E-state index >= 15 is 0 Å². The molecule has 0 bridgehead atoms. The predicted octanol–water partition coefficient (Wildman–Crippen LogP) is 7.34. The maximum absolute atomic E-state index is 6.82. The third-order valence-corrected chi connectivity index (χ3v) is 11.3. The van der Waals surface area contributed by atoms with Gasteiger partial charge in [0.1, 0.15) is 0 Å². The fourth-order valence-corrected chi connectivity index (χ4v) is 6.50. The molecule has 1 heterocycles. The van der Waals surface area contributed by atoms with Crippen molar-refractivity contribution in [3.63, 3.8) is 0 Å². The van der Waals surface area contributed by atoms with E-state index in [1.807, 2.05) is 0 Å². The van der Waals surface area contributed by atoms with Gasteiger partial charge >= 0.3 is 0 Å². The van der Waals surface area contributed by atoms with Crippen molar-refractivity contribution in [1.82, 2.24) is 4.98 Å². The Morgan fingerprint density at radius 2 is 1.08 bits per heavy atom. The maximum atomic E-state index is 6.82. The van der Waals surface area contributed by atoms with Crippen LogP contribution in [0.5, 0.6) is 0 Å². The van der Waals surface area contributed by atoms with Crippen molar-refractivity contribution in [3.05, 3.63) is 41.5 Å². The van der Waals surface area contributed by atoms with Crippen LogP contribution in [-0.4, -0.2) is 16.3 Å². The summed E-state index contributed by atoms with van der Waals surface area (Å²) in [5.41, 5.74) is 5.35. The van der Waals surface area contributed by atoms with Crippen LogP contribution in [-0.2, 0) is 0 Å². The number of halogens is 2. The molecule has 3 aromatic rings. The Morgan fingerprint density at radius 1 is 0.692 bits per heavy atom. The molecule has 1 aromatic heterocycles. The molecule has 138 valence electrons. The number of aryl methyl sites for hydroxylation is 2. The van der Waals surface area contributed by atoms with Gasteiger partial charge in [-0.25, -0.2) is 4.98 Å². The Bertz CT molecular complexity index is 894. The normalized spacial score (nSPS) is 14.5. The summed E-state index contributed by atoms with van der Waals surface area (Å²) in [5, 5.41) is 4.70. The van der Waals surface area contributed by atoms with E-state index in [0.29, 0.717) is 11.3 Å². The third kappa shape index (κ3) is 3.88. The zero-order valence-electron chi connectivity index (χ0n) is 16.1. The second-order valence-corrected chi connectivity index (χ2v) is 14.0. The number of rotatable bonds is 4. The second kappa shape index (κ2) is 7.89. The minimum Gasteiger partial charge on any atom is -0.246 e. The Balaban J connectivity index is 2.38. The molecule has 0 fully saturated rings. The molecule has 26 heavy (non-hydrogen) atoms. The summed E-state index contributed by atoms with van der Waals surface area (Å²) < 4.78 is 0. The molecule has 2 atom stereocenters. The van der Waals surface area contributed by atoms with Crippen molar-refractivity contribution < 1.29 is 0 Å². The van der Waals surface area contributed by atoms with Gasteiger partial charge in [-0.05, 0) is 66.6 Å². The van der Waals surface area contributed by atoms with Gasteiger partial charge in [0, 0.05) is 35.9 Å². The van der Waals surface area contributed by atoms with Gasteiger partial charge in [0.25, 0.3) is 0 Å². The van der Waals surface area contributed by atoms with Crippen LogP contribution < -0.4 is 10.6 Å². The van der Waals surface area contributed by atoms with Gasteiger partial charge in [0.2, 0.25) is 0 Å². The van der Waals surface area contributed by atoms with Crippen molar-refractivity contribution in [2.75, 3.05) is 0 Å². The van der Waals surface area contributed by atoms with Crippen molar-refractivity contribution >= 4 is 69.4 Å². The molecule has 3 rings (SSSR count). The third-order valence-electron chi connectivity index (χ3n) is 4.43. The summed E-state index contributed by atoms with van der Waals surface area (Å²) in [6, 6.07) is 11.1. The van der Waals surface area contributed by atoms with Gasteiger partial charge in [-0.2, -0.15) is 0 Å². The number of nitrogens with zero attached hydrogens (tertiary/aromatic N) is 1. The molecule has 0 aliphatic carbocycles. The SMILES string of the molecule is Cc1cc(P(Cl)C(C)C)c2nc3c(P(Cl)C(C)C)cc(C)cc3cc2c1. The van der Waals surface area contributed by atoms with Crippen LogP contribution in [0.3, 0.4) is 0 Å². The highest BCUT2D eigenvalue weighted by atomic mass is 35.7. The van der Waals surface area contributed by atoms with E-state index in [1.54, 1.807) is 0 Å². The molecule has 1 nitrogen and oxygen atoms in total. The Morgan fingerprint density at radius 3 is 1.42 bits per heavy atom. The zero-order valence-corrected chi connectivity index (χ0v) is 19.4. The standard InChI is InChI=1S/C21H25Cl2NP2/c1-12(2)25(22)18-9-14(5)7-16-11-17-8-15(6)10-19(26(23)13(3)4)21(17)24-20(16)18/h7-13H,1-6H3. The van der Waals surface area contributed by atoms with E-state index in [-0.39, 0.29) is 0 Å².